The number of benzene rings is 2. The van der Waals surface area contributed by atoms with Gasteiger partial charge in [-0.25, -0.2) is 0 Å². The maximum Gasteiger partial charge on any atom is 0.256 e. The van der Waals surface area contributed by atoms with Crippen LogP contribution in [0.15, 0.2) is 48.5 Å². The van der Waals surface area contributed by atoms with E-state index in [2.05, 4.69) is 54.1 Å². The molecule has 2 atom stereocenters. The van der Waals surface area contributed by atoms with E-state index in [-0.39, 0.29) is 18.0 Å². The van der Waals surface area contributed by atoms with Crippen LogP contribution in [-0.4, -0.2) is 26.9 Å². The molecule has 4 nitrogen and oxygen atoms in total. The third kappa shape index (κ3) is 2.28. The fourth-order valence-corrected chi connectivity index (χ4v) is 4.96. The van der Waals surface area contributed by atoms with Crippen molar-refractivity contribution in [1.29, 1.82) is 0 Å². The molecule has 0 saturated carbocycles. The molecule has 3 aromatic rings. The molecule has 1 fully saturated rings. The molecule has 2 aromatic carbocycles. The number of rotatable bonds is 2. The number of aryl methyl sites for hydroxylation is 1. The Morgan fingerprint density at radius 1 is 1.15 bits per heavy atom. The molecule has 1 N–H and O–H groups in total. The number of hydrogen-bond acceptors (Lipinski definition) is 2. The number of fused-ring (bicyclic) bond motifs is 4. The molecule has 0 radical (unpaired) electrons. The average Bonchev–Trinajstić information content (AvgIpc) is 3.18. The molecule has 27 heavy (non-hydrogen) atoms. The Morgan fingerprint density at radius 2 is 1.89 bits per heavy atom. The number of nitrogens with one attached hydrogen (secondary N) is 1. The van der Waals surface area contributed by atoms with Crippen LogP contribution in [0.2, 0.25) is 0 Å². The number of anilines is 1. The van der Waals surface area contributed by atoms with Crippen molar-refractivity contribution in [3.8, 4) is 0 Å². The second-order valence-electron chi connectivity index (χ2n) is 7.34. The molecule has 2 aliphatic heterocycles. The van der Waals surface area contributed by atoms with E-state index in [1.807, 2.05) is 18.2 Å². The van der Waals surface area contributed by atoms with Crippen LogP contribution < -0.4 is 4.90 Å². The summed E-state index contributed by atoms with van der Waals surface area (Å²) in [5, 5.41) is 1.81. The smallest absolute Gasteiger partial charge is 0.256 e. The fourth-order valence-electron chi connectivity index (χ4n) is 4.48. The van der Waals surface area contributed by atoms with Gasteiger partial charge < -0.3 is 9.88 Å². The summed E-state index contributed by atoms with van der Waals surface area (Å²) < 4.78 is 0. The number of carbonyl (C=O) groups is 1. The normalized spacial score (nSPS) is 21.7. The van der Waals surface area contributed by atoms with E-state index in [1.165, 1.54) is 22.2 Å². The lowest BCUT2D eigenvalue weighted by atomic mass is 9.93. The molecule has 5 rings (SSSR count). The van der Waals surface area contributed by atoms with Gasteiger partial charge in [0.05, 0.1) is 11.7 Å². The number of nitrogens with zero attached hydrogens (tertiary/aromatic N) is 2. The number of aromatic amines is 1. The number of aromatic nitrogens is 1. The van der Waals surface area contributed by atoms with Gasteiger partial charge in [0.1, 0.15) is 6.04 Å². The van der Waals surface area contributed by atoms with Crippen LogP contribution >= 0.6 is 12.2 Å². The van der Waals surface area contributed by atoms with Gasteiger partial charge >= 0.3 is 0 Å². The van der Waals surface area contributed by atoms with Crippen LogP contribution in [0.3, 0.4) is 0 Å². The van der Waals surface area contributed by atoms with E-state index >= 15 is 0 Å². The van der Waals surface area contributed by atoms with Gasteiger partial charge in [0.2, 0.25) is 0 Å². The largest absolute Gasteiger partial charge is 0.356 e. The highest BCUT2D eigenvalue weighted by Gasteiger charge is 2.49. The molecule has 3 heterocycles. The summed E-state index contributed by atoms with van der Waals surface area (Å²) in [6.45, 7) is 4.25. The van der Waals surface area contributed by atoms with Gasteiger partial charge in [-0.15, -0.1) is 0 Å². The molecule has 2 aliphatic rings. The molecule has 1 saturated heterocycles. The van der Waals surface area contributed by atoms with Crippen LogP contribution in [-0.2, 0) is 17.6 Å². The van der Waals surface area contributed by atoms with Gasteiger partial charge in [-0.05, 0) is 54.9 Å². The number of hydrogen-bond donors (Lipinski definition) is 1. The molecule has 1 aromatic heterocycles. The average molecular weight is 375 g/mol. The first-order valence-electron chi connectivity index (χ1n) is 9.44. The van der Waals surface area contributed by atoms with Crippen LogP contribution in [0.5, 0.6) is 0 Å². The van der Waals surface area contributed by atoms with Gasteiger partial charge in [0.15, 0.2) is 5.11 Å². The third-order valence-corrected chi connectivity index (χ3v) is 6.33. The van der Waals surface area contributed by atoms with Crippen molar-refractivity contribution < 1.29 is 4.79 Å². The molecule has 0 bridgehead atoms. The van der Waals surface area contributed by atoms with Crippen LogP contribution in [0.1, 0.15) is 36.7 Å². The summed E-state index contributed by atoms with van der Waals surface area (Å²) in [5.74, 6) is 0.0760. The Kier molecular flexibility index (Phi) is 3.62. The molecule has 5 heteroatoms. The summed E-state index contributed by atoms with van der Waals surface area (Å²) in [6.07, 6.45) is 1.67. The van der Waals surface area contributed by atoms with E-state index in [0.717, 1.165) is 17.6 Å². The molecule has 1 amide bonds. The summed E-state index contributed by atoms with van der Waals surface area (Å²) in [6, 6.07) is 16.3. The Bertz CT molecular complexity index is 1070. The van der Waals surface area contributed by atoms with Crippen molar-refractivity contribution in [2.75, 3.05) is 4.90 Å². The van der Waals surface area contributed by atoms with Crippen LogP contribution in [0.4, 0.5) is 5.69 Å². The molecule has 0 unspecified atom stereocenters. The topological polar surface area (TPSA) is 39.3 Å². The van der Waals surface area contributed by atoms with Gasteiger partial charge in [-0.2, -0.15) is 0 Å². The van der Waals surface area contributed by atoms with Crippen molar-refractivity contribution in [2.24, 2.45) is 0 Å². The number of para-hydroxylation sites is 1. The summed E-state index contributed by atoms with van der Waals surface area (Å²) in [5.41, 5.74) is 5.66. The number of amides is 1. The highest BCUT2D eigenvalue weighted by molar-refractivity contribution is 7.80. The lowest BCUT2D eigenvalue weighted by Gasteiger charge is -2.34. The monoisotopic (exact) mass is 375 g/mol. The summed E-state index contributed by atoms with van der Waals surface area (Å²) in [4.78, 5) is 20.7. The molecule has 136 valence electrons. The van der Waals surface area contributed by atoms with E-state index < -0.39 is 0 Å². The molecular weight excluding hydrogens is 354 g/mol. The van der Waals surface area contributed by atoms with Gasteiger partial charge in [-0.3, -0.25) is 9.69 Å². The maximum atomic E-state index is 13.3. The van der Waals surface area contributed by atoms with Crippen LogP contribution in [0, 0.1) is 0 Å². The van der Waals surface area contributed by atoms with Crippen molar-refractivity contribution in [1.82, 2.24) is 9.88 Å². The zero-order chi connectivity index (χ0) is 18.7. The zero-order valence-electron chi connectivity index (χ0n) is 15.4. The second-order valence-corrected chi connectivity index (χ2v) is 7.71. The first kappa shape index (κ1) is 16.5. The quantitative estimate of drug-likeness (QED) is 0.677. The van der Waals surface area contributed by atoms with Gasteiger partial charge in [0, 0.05) is 23.0 Å². The standard InChI is InChI=1S/C22H21N3OS/c1-3-14-8-10-15(11-9-14)25-21(26)19-12-17-16-6-4-5-7-18(16)23-20(17)13(2)24(19)22(25)27/h4-11,13,19,23H,3,12H2,1-2H3/t13-,19+/m1/s1. The van der Waals surface area contributed by atoms with Crippen molar-refractivity contribution in [2.45, 2.75) is 38.8 Å². The zero-order valence-corrected chi connectivity index (χ0v) is 16.2. The third-order valence-electron chi connectivity index (χ3n) is 5.94. The lowest BCUT2D eigenvalue weighted by Crippen LogP contribution is -2.42. The Balaban J connectivity index is 1.56. The highest BCUT2D eigenvalue weighted by Crippen LogP contribution is 2.41. The minimum Gasteiger partial charge on any atom is -0.356 e. The summed E-state index contributed by atoms with van der Waals surface area (Å²) >= 11 is 5.76. The lowest BCUT2D eigenvalue weighted by molar-refractivity contribution is -0.120. The first-order valence-corrected chi connectivity index (χ1v) is 9.85. The minimum absolute atomic E-state index is 0.0440. The summed E-state index contributed by atoms with van der Waals surface area (Å²) in [7, 11) is 0. The molecule has 0 spiro atoms. The molecular formula is C22H21N3OS. The second kappa shape index (κ2) is 5.92. The number of carbonyl (C=O) groups excluding carboxylic acids is 1. The van der Waals surface area contributed by atoms with E-state index in [9.17, 15) is 4.79 Å². The van der Waals surface area contributed by atoms with Crippen molar-refractivity contribution >= 4 is 39.8 Å². The van der Waals surface area contributed by atoms with Gasteiger partial charge in [0.25, 0.3) is 5.91 Å². The number of thiocarbonyl (C=S) groups is 1. The Labute approximate surface area is 163 Å². The minimum atomic E-state index is -0.231. The van der Waals surface area contributed by atoms with Crippen LogP contribution in [0.25, 0.3) is 10.9 Å². The first-order chi connectivity index (χ1) is 13.1. The number of H-pyrrole nitrogens is 1. The maximum absolute atomic E-state index is 13.3. The Morgan fingerprint density at radius 3 is 2.63 bits per heavy atom. The molecule has 0 aliphatic carbocycles. The van der Waals surface area contributed by atoms with Crippen molar-refractivity contribution in [3.05, 3.63) is 65.4 Å². The SMILES string of the molecule is CCc1ccc(N2C(=O)[C@@H]3Cc4c([nH]c5ccccc45)[C@@H](C)N3C2=S)cc1. The van der Waals surface area contributed by atoms with E-state index in [4.69, 9.17) is 12.2 Å². The fraction of sp³-hybridized carbons (Fsp3) is 0.273. The van der Waals surface area contributed by atoms with Gasteiger partial charge in [-0.1, -0.05) is 37.3 Å². The van der Waals surface area contributed by atoms with E-state index in [1.54, 1.807) is 4.90 Å². The van der Waals surface area contributed by atoms with E-state index in [0.29, 0.717) is 11.5 Å². The predicted molar refractivity (Wildman–Crippen MR) is 112 cm³/mol. The predicted octanol–water partition coefficient (Wildman–Crippen LogP) is 4.35. The Hall–Kier alpha value is -2.66. The highest BCUT2D eigenvalue weighted by atomic mass is 32.1. The van der Waals surface area contributed by atoms with Crippen molar-refractivity contribution in [3.63, 3.8) is 0 Å².